The fraction of sp³-hybridized carbons (Fsp3) is 0.412. The molecule has 148 valence electrons. The van der Waals surface area contributed by atoms with E-state index in [2.05, 4.69) is 10.4 Å². The molecule has 1 atom stereocenters. The second-order valence-electron chi connectivity index (χ2n) is 5.68. The van der Waals surface area contributed by atoms with Gasteiger partial charge >= 0.3 is 12.1 Å². The van der Waals surface area contributed by atoms with E-state index in [1.807, 2.05) is 0 Å². The number of anilines is 1. The third-order valence-electron chi connectivity index (χ3n) is 3.81. The zero-order chi connectivity index (χ0) is 20.4. The molecule has 2 N–H and O–H groups in total. The van der Waals surface area contributed by atoms with E-state index in [9.17, 15) is 23.1 Å². The number of nitrogens with zero attached hydrogens (tertiary/aromatic N) is 2. The SMILES string of the molecule is CCOc1cc(N[C@H](C)C(F)(F)F)ccc1-c1c(Cl)c(C(=O)O)nn1CC. The number of aromatic carboxylic acids is 1. The molecule has 0 radical (unpaired) electrons. The van der Waals surface area contributed by atoms with Crippen LogP contribution in [0.2, 0.25) is 5.02 Å². The predicted molar refractivity (Wildman–Crippen MR) is 95.6 cm³/mol. The van der Waals surface area contributed by atoms with E-state index in [0.29, 0.717) is 17.8 Å². The van der Waals surface area contributed by atoms with Crippen LogP contribution >= 0.6 is 11.6 Å². The number of nitrogens with one attached hydrogen (secondary N) is 1. The molecule has 0 amide bonds. The number of carbonyl (C=O) groups is 1. The lowest BCUT2D eigenvalue weighted by atomic mass is 10.1. The molecule has 0 fully saturated rings. The highest BCUT2D eigenvalue weighted by molar-refractivity contribution is 6.35. The number of hydrogen-bond acceptors (Lipinski definition) is 4. The highest BCUT2D eigenvalue weighted by atomic mass is 35.5. The molecule has 10 heteroatoms. The summed E-state index contributed by atoms with van der Waals surface area (Å²) >= 11 is 6.21. The zero-order valence-electron chi connectivity index (χ0n) is 14.9. The van der Waals surface area contributed by atoms with Gasteiger partial charge in [0, 0.05) is 23.9 Å². The van der Waals surface area contributed by atoms with Crippen LogP contribution in [0.5, 0.6) is 5.75 Å². The summed E-state index contributed by atoms with van der Waals surface area (Å²) in [5.41, 5.74) is 0.678. The lowest BCUT2D eigenvalue weighted by Gasteiger charge is -2.20. The first-order valence-electron chi connectivity index (χ1n) is 8.20. The van der Waals surface area contributed by atoms with Gasteiger partial charge in [-0.15, -0.1) is 0 Å². The molecule has 2 rings (SSSR count). The van der Waals surface area contributed by atoms with Crippen LogP contribution < -0.4 is 10.1 Å². The Bertz CT molecular complexity index is 837. The first-order valence-corrected chi connectivity index (χ1v) is 8.57. The second-order valence-corrected chi connectivity index (χ2v) is 6.06. The van der Waals surface area contributed by atoms with Crippen molar-refractivity contribution in [1.29, 1.82) is 0 Å². The van der Waals surface area contributed by atoms with Crippen molar-refractivity contribution in [1.82, 2.24) is 9.78 Å². The minimum Gasteiger partial charge on any atom is -0.493 e. The highest BCUT2D eigenvalue weighted by Gasteiger charge is 2.36. The van der Waals surface area contributed by atoms with Crippen LogP contribution in [0.3, 0.4) is 0 Å². The quantitative estimate of drug-likeness (QED) is 0.699. The summed E-state index contributed by atoms with van der Waals surface area (Å²) < 4.78 is 45.3. The maximum absolute atomic E-state index is 12.8. The summed E-state index contributed by atoms with van der Waals surface area (Å²) in [6.45, 7) is 5.10. The van der Waals surface area contributed by atoms with Crippen LogP contribution in [0.15, 0.2) is 18.2 Å². The average molecular weight is 406 g/mol. The van der Waals surface area contributed by atoms with E-state index in [-0.39, 0.29) is 28.8 Å². The first kappa shape index (κ1) is 20.9. The number of aromatic nitrogens is 2. The minimum absolute atomic E-state index is 0.0605. The summed E-state index contributed by atoms with van der Waals surface area (Å²) in [4.78, 5) is 11.3. The largest absolute Gasteiger partial charge is 0.493 e. The van der Waals surface area contributed by atoms with Crippen molar-refractivity contribution < 1.29 is 27.8 Å². The van der Waals surface area contributed by atoms with Gasteiger partial charge in [-0.25, -0.2) is 4.79 Å². The van der Waals surface area contributed by atoms with E-state index in [1.54, 1.807) is 13.8 Å². The van der Waals surface area contributed by atoms with Gasteiger partial charge in [0.05, 0.1) is 12.3 Å². The topological polar surface area (TPSA) is 76.4 Å². The lowest BCUT2D eigenvalue weighted by molar-refractivity contribution is -0.138. The molecule has 0 aliphatic rings. The number of carboxylic acids is 1. The van der Waals surface area contributed by atoms with Gasteiger partial charge < -0.3 is 15.2 Å². The fourth-order valence-electron chi connectivity index (χ4n) is 2.48. The van der Waals surface area contributed by atoms with Crippen molar-refractivity contribution in [3.05, 3.63) is 28.9 Å². The molecule has 0 bridgehead atoms. The first-order chi connectivity index (χ1) is 12.6. The molecule has 27 heavy (non-hydrogen) atoms. The van der Waals surface area contributed by atoms with Gasteiger partial charge in [-0.1, -0.05) is 11.6 Å². The monoisotopic (exact) mass is 405 g/mol. The van der Waals surface area contributed by atoms with Crippen molar-refractivity contribution in [3.63, 3.8) is 0 Å². The van der Waals surface area contributed by atoms with Crippen LogP contribution in [0.4, 0.5) is 18.9 Å². The van der Waals surface area contributed by atoms with Gasteiger partial charge in [0.25, 0.3) is 0 Å². The normalized spacial score (nSPS) is 12.7. The number of halogens is 4. The molecule has 1 heterocycles. The van der Waals surface area contributed by atoms with Crippen LogP contribution in [0, 0.1) is 0 Å². The number of hydrogen-bond donors (Lipinski definition) is 2. The molecule has 6 nitrogen and oxygen atoms in total. The maximum atomic E-state index is 12.8. The third kappa shape index (κ3) is 4.47. The average Bonchev–Trinajstić information content (AvgIpc) is 2.91. The van der Waals surface area contributed by atoms with E-state index in [4.69, 9.17) is 16.3 Å². The smallest absolute Gasteiger partial charge is 0.408 e. The standard InChI is InChI=1S/C17H19ClF3N3O3/c1-4-24-15(13(18)14(23-24)16(25)26)11-7-6-10(8-12(11)27-5-2)22-9(3)17(19,20)21/h6-9,22H,4-5H2,1-3H3,(H,25,26)/t9-/m1/s1. The van der Waals surface area contributed by atoms with Gasteiger partial charge in [-0.2, -0.15) is 18.3 Å². The van der Waals surface area contributed by atoms with Crippen LogP contribution in [-0.2, 0) is 6.54 Å². The number of carboxylic acid groups (broad SMARTS) is 1. The fourth-order valence-corrected chi connectivity index (χ4v) is 2.80. The van der Waals surface area contributed by atoms with Crippen molar-refractivity contribution in [3.8, 4) is 17.0 Å². The molecule has 0 spiro atoms. The molecule has 1 aromatic heterocycles. The Labute approximate surface area is 158 Å². The third-order valence-corrected chi connectivity index (χ3v) is 4.17. The Kier molecular flexibility index (Phi) is 6.25. The Balaban J connectivity index is 2.54. The van der Waals surface area contributed by atoms with E-state index in [1.165, 1.54) is 22.9 Å². The molecule has 2 aromatic rings. The van der Waals surface area contributed by atoms with Crippen molar-refractivity contribution in [2.45, 2.75) is 39.5 Å². The summed E-state index contributed by atoms with van der Waals surface area (Å²) in [6, 6.07) is 2.65. The summed E-state index contributed by atoms with van der Waals surface area (Å²) in [7, 11) is 0. The number of aryl methyl sites for hydroxylation is 1. The molecule has 0 saturated heterocycles. The Hall–Kier alpha value is -2.42. The van der Waals surface area contributed by atoms with Gasteiger partial charge in [0.2, 0.25) is 0 Å². The molecule has 1 aromatic carbocycles. The Morgan fingerprint density at radius 2 is 2.07 bits per heavy atom. The van der Waals surface area contributed by atoms with Crippen LogP contribution in [-0.4, -0.2) is 39.7 Å². The summed E-state index contributed by atoms with van der Waals surface area (Å²) in [6.07, 6.45) is -4.40. The number of alkyl halides is 3. The van der Waals surface area contributed by atoms with E-state index in [0.717, 1.165) is 6.92 Å². The van der Waals surface area contributed by atoms with Gasteiger partial charge in [-0.3, -0.25) is 4.68 Å². The van der Waals surface area contributed by atoms with Crippen LogP contribution in [0.25, 0.3) is 11.3 Å². The highest BCUT2D eigenvalue weighted by Crippen LogP contribution is 2.39. The van der Waals surface area contributed by atoms with E-state index < -0.39 is 18.2 Å². The Morgan fingerprint density at radius 1 is 1.41 bits per heavy atom. The molecule has 0 aliphatic carbocycles. The van der Waals surface area contributed by atoms with Crippen LogP contribution in [0.1, 0.15) is 31.3 Å². The van der Waals surface area contributed by atoms with Crippen molar-refractivity contribution >= 4 is 23.3 Å². The number of rotatable bonds is 7. The minimum atomic E-state index is -4.40. The Morgan fingerprint density at radius 3 is 2.59 bits per heavy atom. The molecule has 0 saturated carbocycles. The maximum Gasteiger partial charge on any atom is 0.408 e. The van der Waals surface area contributed by atoms with Gasteiger partial charge in [0.1, 0.15) is 16.8 Å². The molecule has 0 unspecified atom stereocenters. The summed E-state index contributed by atoms with van der Waals surface area (Å²) in [5, 5.41) is 15.5. The number of ether oxygens (including phenoxy) is 1. The van der Waals surface area contributed by atoms with Gasteiger partial charge in [0.15, 0.2) is 5.69 Å². The van der Waals surface area contributed by atoms with Crippen molar-refractivity contribution in [2.75, 3.05) is 11.9 Å². The van der Waals surface area contributed by atoms with Crippen molar-refractivity contribution in [2.24, 2.45) is 0 Å². The molecular weight excluding hydrogens is 387 g/mol. The van der Waals surface area contributed by atoms with E-state index >= 15 is 0 Å². The molecular formula is C17H19ClF3N3O3. The lowest BCUT2D eigenvalue weighted by Crippen LogP contribution is -2.33. The predicted octanol–water partition coefficient (Wildman–Crippen LogP) is 4.68. The zero-order valence-corrected chi connectivity index (χ0v) is 15.6. The van der Waals surface area contributed by atoms with Gasteiger partial charge in [-0.05, 0) is 32.9 Å². The number of benzene rings is 1. The second kappa shape index (κ2) is 8.08. The summed E-state index contributed by atoms with van der Waals surface area (Å²) in [5.74, 6) is -1.01. The molecule has 0 aliphatic heterocycles.